The van der Waals surface area contributed by atoms with Crippen LogP contribution < -0.4 is 5.32 Å². The molecule has 0 atom stereocenters. The van der Waals surface area contributed by atoms with Gasteiger partial charge in [0, 0.05) is 6.54 Å². The Hall–Kier alpha value is -1.84. The SMILES string of the molecule is CCNC(=O)c1cccc2[nH]cnc12. The van der Waals surface area contributed by atoms with E-state index in [0.29, 0.717) is 12.1 Å². The van der Waals surface area contributed by atoms with Gasteiger partial charge < -0.3 is 10.3 Å². The first kappa shape index (κ1) is 8.74. The largest absolute Gasteiger partial charge is 0.352 e. The molecule has 2 N–H and O–H groups in total. The van der Waals surface area contributed by atoms with Gasteiger partial charge in [-0.2, -0.15) is 0 Å². The number of H-pyrrole nitrogens is 1. The van der Waals surface area contributed by atoms with Gasteiger partial charge in [0.25, 0.3) is 5.91 Å². The lowest BCUT2D eigenvalue weighted by Crippen LogP contribution is -2.22. The van der Waals surface area contributed by atoms with Gasteiger partial charge in [-0.15, -0.1) is 0 Å². The zero-order valence-electron chi connectivity index (χ0n) is 7.87. The van der Waals surface area contributed by atoms with E-state index in [1.807, 2.05) is 19.1 Å². The Balaban J connectivity index is 2.50. The molecule has 1 amide bonds. The molecule has 1 aromatic heterocycles. The van der Waals surface area contributed by atoms with Crippen molar-refractivity contribution in [2.24, 2.45) is 0 Å². The molecule has 0 aliphatic heterocycles. The number of rotatable bonds is 2. The van der Waals surface area contributed by atoms with Gasteiger partial charge in [0.1, 0.15) is 5.52 Å². The molecule has 4 heteroatoms. The van der Waals surface area contributed by atoms with E-state index in [1.54, 1.807) is 12.4 Å². The van der Waals surface area contributed by atoms with Crippen molar-refractivity contribution in [1.29, 1.82) is 0 Å². The van der Waals surface area contributed by atoms with Crippen molar-refractivity contribution in [2.75, 3.05) is 6.54 Å². The Morgan fingerprint density at radius 2 is 2.43 bits per heavy atom. The number of hydrogen-bond acceptors (Lipinski definition) is 2. The maximum atomic E-state index is 11.6. The predicted molar refractivity (Wildman–Crippen MR) is 54.1 cm³/mol. The van der Waals surface area contributed by atoms with Crippen LogP contribution in [0.4, 0.5) is 0 Å². The van der Waals surface area contributed by atoms with Crippen LogP contribution in [0.1, 0.15) is 17.3 Å². The highest BCUT2D eigenvalue weighted by Gasteiger charge is 2.09. The minimum Gasteiger partial charge on any atom is -0.352 e. The van der Waals surface area contributed by atoms with Gasteiger partial charge in [0.15, 0.2) is 0 Å². The average Bonchev–Trinajstić information content (AvgIpc) is 2.65. The second-order valence-electron chi connectivity index (χ2n) is 2.96. The number of carbonyl (C=O) groups is 1. The number of nitrogens with zero attached hydrogens (tertiary/aromatic N) is 1. The number of para-hydroxylation sites is 1. The number of hydrogen-bond donors (Lipinski definition) is 2. The van der Waals surface area contributed by atoms with Crippen LogP contribution in [0, 0.1) is 0 Å². The fraction of sp³-hybridized carbons (Fsp3) is 0.200. The standard InChI is InChI=1S/C10H11N3O/c1-2-11-10(14)7-4-3-5-8-9(7)13-6-12-8/h3-6H,2H2,1H3,(H,11,14)(H,12,13). The lowest BCUT2D eigenvalue weighted by Gasteiger charge is -2.01. The highest BCUT2D eigenvalue weighted by Crippen LogP contribution is 2.13. The van der Waals surface area contributed by atoms with E-state index in [1.165, 1.54) is 0 Å². The minimum atomic E-state index is -0.0785. The summed E-state index contributed by atoms with van der Waals surface area (Å²) in [5.74, 6) is -0.0785. The van der Waals surface area contributed by atoms with Crippen molar-refractivity contribution < 1.29 is 4.79 Å². The Morgan fingerprint density at radius 1 is 1.57 bits per heavy atom. The number of aromatic nitrogens is 2. The van der Waals surface area contributed by atoms with Crippen molar-refractivity contribution >= 4 is 16.9 Å². The molecule has 0 unspecified atom stereocenters. The van der Waals surface area contributed by atoms with Crippen LogP contribution in [-0.2, 0) is 0 Å². The Morgan fingerprint density at radius 3 is 3.21 bits per heavy atom. The topological polar surface area (TPSA) is 57.8 Å². The number of fused-ring (bicyclic) bond motifs is 1. The first-order chi connectivity index (χ1) is 6.83. The summed E-state index contributed by atoms with van der Waals surface area (Å²) in [4.78, 5) is 18.7. The van der Waals surface area contributed by atoms with Crippen molar-refractivity contribution in [1.82, 2.24) is 15.3 Å². The van der Waals surface area contributed by atoms with Crippen LogP contribution in [0.15, 0.2) is 24.5 Å². The predicted octanol–water partition coefficient (Wildman–Crippen LogP) is 1.31. The summed E-state index contributed by atoms with van der Waals surface area (Å²) in [5, 5.41) is 2.75. The molecule has 1 heterocycles. The maximum Gasteiger partial charge on any atom is 0.253 e. The summed E-state index contributed by atoms with van der Waals surface area (Å²) in [5.41, 5.74) is 2.22. The van der Waals surface area contributed by atoms with Crippen molar-refractivity contribution in [3.05, 3.63) is 30.1 Å². The molecule has 0 saturated heterocycles. The third kappa shape index (κ3) is 1.35. The van der Waals surface area contributed by atoms with Crippen LogP contribution in [0.3, 0.4) is 0 Å². The van der Waals surface area contributed by atoms with Crippen LogP contribution in [0.25, 0.3) is 11.0 Å². The molecule has 4 nitrogen and oxygen atoms in total. The van der Waals surface area contributed by atoms with Crippen LogP contribution >= 0.6 is 0 Å². The summed E-state index contributed by atoms with van der Waals surface area (Å²) < 4.78 is 0. The first-order valence-electron chi connectivity index (χ1n) is 4.53. The Labute approximate surface area is 81.3 Å². The zero-order valence-corrected chi connectivity index (χ0v) is 7.87. The molecule has 0 aliphatic carbocycles. The van der Waals surface area contributed by atoms with E-state index >= 15 is 0 Å². The Bertz CT molecular complexity index is 461. The molecule has 2 aromatic rings. The van der Waals surface area contributed by atoms with Gasteiger partial charge in [-0.25, -0.2) is 4.98 Å². The summed E-state index contributed by atoms with van der Waals surface area (Å²) in [6.45, 7) is 2.52. The van der Waals surface area contributed by atoms with Gasteiger partial charge in [-0.1, -0.05) is 6.07 Å². The fourth-order valence-corrected chi connectivity index (χ4v) is 1.40. The second-order valence-corrected chi connectivity index (χ2v) is 2.96. The van der Waals surface area contributed by atoms with Gasteiger partial charge in [0.05, 0.1) is 17.4 Å². The third-order valence-electron chi connectivity index (χ3n) is 2.03. The number of imidazole rings is 1. The molecule has 1 aromatic carbocycles. The molecule has 0 saturated carbocycles. The number of carbonyl (C=O) groups excluding carboxylic acids is 1. The van der Waals surface area contributed by atoms with E-state index in [4.69, 9.17) is 0 Å². The summed E-state index contributed by atoms with van der Waals surface area (Å²) in [6.07, 6.45) is 1.59. The van der Waals surface area contributed by atoms with E-state index in [0.717, 1.165) is 11.0 Å². The molecule has 0 spiro atoms. The lowest BCUT2D eigenvalue weighted by molar-refractivity contribution is 0.0957. The Kier molecular flexibility index (Phi) is 2.18. The number of nitrogens with one attached hydrogen (secondary N) is 2. The molecule has 0 radical (unpaired) electrons. The van der Waals surface area contributed by atoms with E-state index in [2.05, 4.69) is 15.3 Å². The highest BCUT2D eigenvalue weighted by atomic mass is 16.1. The summed E-state index contributed by atoms with van der Waals surface area (Å²) in [6, 6.07) is 5.50. The van der Waals surface area contributed by atoms with E-state index in [9.17, 15) is 4.79 Å². The molecule has 72 valence electrons. The first-order valence-corrected chi connectivity index (χ1v) is 4.53. The summed E-state index contributed by atoms with van der Waals surface area (Å²) >= 11 is 0. The van der Waals surface area contributed by atoms with Gasteiger partial charge in [-0.3, -0.25) is 4.79 Å². The van der Waals surface area contributed by atoms with Crippen molar-refractivity contribution in [3.8, 4) is 0 Å². The highest BCUT2D eigenvalue weighted by molar-refractivity contribution is 6.04. The third-order valence-corrected chi connectivity index (χ3v) is 2.03. The summed E-state index contributed by atoms with van der Waals surface area (Å²) in [7, 11) is 0. The van der Waals surface area contributed by atoms with Crippen LogP contribution in [0.5, 0.6) is 0 Å². The van der Waals surface area contributed by atoms with Crippen molar-refractivity contribution in [3.63, 3.8) is 0 Å². The van der Waals surface area contributed by atoms with E-state index in [-0.39, 0.29) is 5.91 Å². The van der Waals surface area contributed by atoms with Gasteiger partial charge >= 0.3 is 0 Å². The molecule has 0 aliphatic rings. The molecule has 14 heavy (non-hydrogen) atoms. The molecular weight excluding hydrogens is 178 g/mol. The fourth-order valence-electron chi connectivity index (χ4n) is 1.40. The molecular formula is C10H11N3O. The quantitative estimate of drug-likeness (QED) is 0.748. The molecule has 2 rings (SSSR count). The van der Waals surface area contributed by atoms with Crippen LogP contribution in [-0.4, -0.2) is 22.4 Å². The molecule has 0 fully saturated rings. The van der Waals surface area contributed by atoms with Crippen LogP contribution in [0.2, 0.25) is 0 Å². The normalized spacial score (nSPS) is 10.4. The van der Waals surface area contributed by atoms with E-state index < -0.39 is 0 Å². The second kappa shape index (κ2) is 3.49. The monoisotopic (exact) mass is 189 g/mol. The van der Waals surface area contributed by atoms with Gasteiger partial charge in [-0.05, 0) is 19.1 Å². The lowest BCUT2D eigenvalue weighted by atomic mass is 10.1. The smallest absolute Gasteiger partial charge is 0.253 e. The average molecular weight is 189 g/mol. The van der Waals surface area contributed by atoms with Crippen molar-refractivity contribution in [2.45, 2.75) is 6.92 Å². The van der Waals surface area contributed by atoms with Gasteiger partial charge in [0.2, 0.25) is 0 Å². The number of amides is 1. The number of aromatic amines is 1. The number of benzene rings is 1. The molecule has 0 bridgehead atoms. The maximum absolute atomic E-state index is 11.6. The minimum absolute atomic E-state index is 0.0785. The zero-order chi connectivity index (χ0) is 9.97.